The van der Waals surface area contributed by atoms with Crippen LogP contribution in [0.25, 0.3) is 0 Å². The Bertz CT molecular complexity index is 496. The van der Waals surface area contributed by atoms with Crippen molar-refractivity contribution in [2.24, 2.45) is 5.73 Å². The lowest BCUT2D eigenvalue weighted by Gasteiger charge is -2.27. The summed E-state index contributed by atoms with van der Waals surface area (Å²) in [5, 5.41) is 0. The molecule has 116 valence electrons. The van der Waals surface area contributed by atoms with Crippen molar-refractivity contribution < 1.29 is 14.2 Å². The summed E-state index contributed by atoms with van der Waals surface area (Å²) in [7, 11) is 5.18. The van der Waals surface area contributed by atoms with Crippen LogP contribution in [0.1, 0.15) is 17.2 Å². The fourth-order valence-electron chi connectivity index (χ4n) is 3.61. The van der Waals surface area contributed by atoms with E-state index in [0.29, 0.717) is 6.04 Å². The summed E-state index contributed by atoms with van der Waals surface area (Å²) >= 11 is 0. The van der Waals surface area contributed by atoms with E-state index in [9.17, 15) is 0 Å². The Morgan fingerprint density at radius 1 is 1.10 bits per heavy atom. The molecule has 1 aromatic carbocycles. The minimum Gasteiger partial charge on any atom is -0.497 e. The maximum Gasteiger partial charge on any atom is 0.119 e. The zero-order valence-electron chi connectivity index (χ0n) is 12.9. The Hall–Kier alpha value is -1.14. The lowest BCUT2D eigenvalue weighted by molar-refractivity contribution is -0.00461. The molecule has 1 aliphatic carbocycles. The van der Waals surface area contributed by atoms with Gasteiger partial charge in [-0.15, -0.1) is 0 Å². The van der Waals surface area contributed by atoms with Gasteiger partial charge in [0.15, 0.2) is 0 Å². The zero-order chi connectivity index (χ0) is 15.0. The van der Waals surface area contributed by atoms with E-state index in [1.165, 1.54) is 11.1 Å². The van der Waals surface area contributed by atoms with Crippen LogP contribution in [0.3, 0.4) is 0 Å². The first-order valence-corrected chi connectivity index (χ1v) is 7.40. The highest BCUT2D eigenvalue weighted by Gasteiger charge is 2.41. The minimum atomic E-state index is 0.0169. The van der Waals surface area contributed by atoms with Crippen molar-refractivity contribution in [3.63, 3.8) is 0 Å². The standard InChI is InChI=1S/C16H24N2O3/c1-19-11-5-4-10-6-13(16(17)12(10)7-11)18-8-14(20-2)15(9-18)21-3/h4-5,7,13-16H,6,8-9,17H2,1-3H3. The fourth-order valence-corrected chi connectivity index (χ4v) is 3.61. The van der Waals surface area contributed by atoms with Crippen molar-refractivity contribution in [3.8, 4) is 5.75 Å². The molecule has 1 saturated heterocycles. The second-order valence-corrected chi connectivity index (χ2v) is 5.86. The molecule has 0 saturated carbocycles. The van der Waals surface area contributed by atoms with Gasteiger partial charge in [0.25, 0.3) is 0 Å². The van der Waals surface area contributed by atoms with E-state index in [2.05, 4.69) is 17.0 Å². The van der Waals surface area contributed by atoms with Gasteiger partial charge in [-0.1, -0.05) is 6.07 Å². The normalized spacial score (nSPS) is 32.4. The molecule has 21 heavy (non-hydrogen) atoms. The van der Waals surface area contributed by atoms with E-state index < -0.39 is 0 Å². The molecule has 5 heteroatoms. The van der Waals surface area contributed by atoms with Crippen LogP contribution in [-0.2, 0) is 15.9 Å². The first kappa shape index (κ1) is 14.8. The third kappa shape index (κ3) is 2.55. The minimum absolute atomic E-state index is 0.0169. The molecule has 4 unspecified atom stereocenters. The molecule has 2 N–H and O–H groups in total. The maximum atomic E-state index is 6.49. The molecule has 0 radical (unpaired) electrons. The summed E-state index contributed by atoms with van der Waals surface area (Å²) in [5.41, 5.74) is 9.01. The Kier molecular flexibility index (Phi) is 4.17. The van der Waals surface area contributed by atoms with Gasteiger partial charge in [-0.2, -0.15) is 0 Å². The van der Waals surface area contributed by atoms with E-state index in [0.717, 1.165) is 25.3 Å². The third-order valence-corrected chi connectivity index (χ3v) is 4.87. The van der Waals surface area contributed by atoms with Crippen LogP contribution >= 0.6 is 0 Å². The number of methoxy groups -OCH3 is 3. The fraction of sp³-hybridized carbons (Fsp3) is 0.625. The van der Waals surface area contributed by atoms with Crippen LogP contribution in [0.4, 0.5) is 0 Å². The van der Waals surface area contributed by atoms with Gasteiger partial charge in [0, 0.05) is 39.4 Å². The van der Waals surface area contributed by atoms with E-state index in [4.69, 9.17) is 19.9 Å². The van der Waals surface area contributed by atoms with Gasteiger partial charge < -0.3 is 19.9 Å². The number of nitrogens with zero attached hydrogens (tertiary/aromatic N) is 1. The van der Waals surface area contributed by atoms with Crippen LogP contribution in [0.15, 0.2) is 18.2 Å². The highest BCUT2D eigenvalue weighted by molar-refractivity contribution is 5.42. The highest BCUT2D eigenvalue weighted by Crippen LogP contribution is 2.36. The third-order valence-electron chi connectivity index (χ3n) is 4.87. The predicted molar refractivity (Wildman–Crippen MR) is 80.6 cm³/mol. The summed E-state index contributed by atoms with van der Waals surface area (Å²) in [6.07, 6.45) is 1.23. The summed E-state index contributed by atoms with van der Waals surface area (Å²) in [6, 6.07) is 6.53. The van der Waals surface area contributed by atoms with Crippen molar-refractivity contribution in [1.82, 2.24) is 4.90 Å². The molecule has 0 spiro atoms. The largest absolute Gasteiger partial charge is 0.497 e. The van der Waals surface area contributed by atoms with Crippen LogP contribution in [0, 0.1) is 0 Å². The number of hydrogen-bond donors (Lipinski definition) is 1. The Morgan fingerprint density at radius 2 is 1.76 bits per heavy atom. The van der Waals surface area contributed by atoms with E-state index >= 15 is 0 Å². The number of fused-ring (bicyclic) bond motifs is 1. The van der Waals surface area contributed by atoms with Gasteiger partial charge in [0.05, 0.1) is 19.3 Å². The number of nitrogens with two attached hydrogens (primary N) is 1. The lowest BCUT2D eigenvalue weighted by Crippen LogP contribution is -2.40. The van der Waals surface area contributed by atoms with Crippen LogP contribution in [-0.4, -0.2) is 57.6 Å². The van der Waals surface area contributed by atoms with Crippen LogP contribution < -0.4 is 10.5 Å². The van der Waals surface area contributed by atoms with Crippen molar-refractivity contribution in [3.05, 3.63) is 29.3 Å². The quantitative estimate of drug-likeness (QED) is 0.896. The topological polar surface area (TPSA) is 57.0 Å². The second-order valence-electron chi connectivity index (χ2n) is 5.86. The van der Waals surface area contributed by atoms with Gasteiger partial charge in [-0.3, -0.25) is 4.90 Å². The number of benzene rings is 1. The van der Waals surface area contributed by atoms with Crippen molar-refractivity contribution >= 4 is 0 Å². The molecule has 0 amide bonds. The first-order chi connectivity index (χ1) is 10.2. The van der Waals surface area contributed by atoms with Gasteiger partial charge in [0.2, 0.25) is 0 Å². The summed E-state index contributed by atoms with van der Waals surface area (Å²) in [5.74, 6) is 0.871. The molecule has 2 aliphatic rings. The smallest absolute Gasteiger partial charge is 0.119 e. The highest BCUT2D eigenvalue weighted by atomic mass is 16.5. The molecule has 0 bridgehead atoms. The zero-order valence-corrected chi connectivity index (χ0v) is 12.9. The molecule has 1 aromatic rings. The van der Waals surface area contributed by atoms with Gasteiger partial charge in [0.1, 0.15) is 5.75 Å². The van der Waals surface area contributed by atoms with Crippen molar-refractivity contribution in [1.29, 1.82) is 0 Å². The monoisotopic (exact) mass is 292 g/mol. The van der Waals surface area contributed by atoms with Crippen LogP contribution in [0.2, 0.25) is 0 Å². The van der Waals surface area contributed by atoms with E-state index in [1.807, 2.05) is 6.07 Å². The van der Waals surface area contributed by atoms with E-state index in [1.54, 1.807) is 21.3 Å². The molecule has 0 aromatic heterocycles. The average molecular weight is 292 g/mol. The Morgan fingerprint density at radius 3 is 2.33 bits per heavy atom. The molecule has 4 atom stereocenters. The Balaban J connectivity index is 1.77. The number of rotatable bonds is 4. The maximum absolute atomic E-state index is 6.49. The molecule has 5 nitrogen and oxygen atoms in total. The molecular formula is C16H24N2O3. The molecule has 1 aliphatic heterocycles. The molecule has 1 heterocycles. The number of ether oxygens (including phenoxy) is 3. The Labute approximate surface area is 126 Å². The van der Waals surface area contributed by atoms with Gasteiger partial charge in [-0.25, -0.2) is 0 Å². The lowest BCUT2D eigenvalue weighted by atomic mass is 10.1. The van der Waals surface area contributed by atoms with Crippen molar-refractivity contribution in [2.45, 2.75) is 30.7 Å². The van der Waals surface area contributed by atoms with Crippen LogP contribution in [0.5, 0.6) is 5.75 Å². The molecular weight excluding hydrogens is 268 g/mol. The van der Waals surface area contributed by atoms with Gasteiger partial charge in [-0.05, 0) is 29.7 Å². The molecule has 1 fully saturated rings. The summed E-state index contributed by atoms with van der Waals surface area (Å²) in [4.78, 5) is 2.40. The number of likely N-dealkylation sites (tertiary alicyclic amines) is 1. The molecule has 3 rings (SSSR count). The summed E-state index contributed by atoms with van der Waals surface area (Å²) in [6.45, 7) is 1.75. The SMILES string of the molecule is COc1ccc2c(c1)C(N)C(N1CC(OC)C(OC)C1)C2. The van der Waals surface area contributed by atoms with E-state index in [-0.39, 0.29) is 18.2 Å². The van der Waals surface area contributed by atoms with Gasteiger partial charge >= 0.3 is 0 Å². The number of hydrogen-bond acceptors (Lipinski definition) is 5. The second kappa shape index (κ2) is 5.93. The summed E-state index contributed by atoms with van der Waals surface area (Å²) < 4.78 is 16.4. The van der Waals surface area contributed by atoms with Crippen molar-refractivity contribution in [2.75, 3.05) is 34.4 Å². The predicted octanol–water partition coefficient (Wildman–Crippen LogP) is 0.965. The first-order valence-electron chi connectivity index (χ1n) is 7.40. The average Bonchev–Trinajstić information content (AvgIpc) is 3.08.